The van der Waals surface area contributed by atoms with Gasteiger partial charge in [-0.15, -0.1) is 0 Å². The fourth-order valence-corrected chi connectivity index (χ4v) is 3.49. The van der Waals surface area contributed by atoms with Crippen LogP contribution in [0.1, 0.15) is 11.1 Å². The zero-order valence-corrected chi connectivity index (χ0v) is 19.3. The molecule has 0 unspecified atom stereocenters. The van der Waals surface area contributed by atoms with Crippen LogP contribution in [-0.2, 0) is 18.9 Å². The lowest BCUT2D eigenvalue weighted by atomic mass is 10.1. The number of para-hydroxylation sites is 1. The zero-order valence-electron chi connectivity index (χ0n) is 19.3. The summed E-state index contributed by atoms with van der Waals surface area (Å²) in [5, 5.41) is 1.11. The highest BCUT2D eigenvalue weighted by Gasteiger charge is 2.07. The number of hydrogen-bond donors (Lipinski definition) is 0. The maximum Gasteiger partial charge on any atom is 0.161 e. The van der Waals surface area contributed by atoms with Crippen molar-refractivity contribution in [3.05, 3.63) is 65.9 Å². The van der Waals surface area contributed by atoms with Crippen LogP contribution in [0.2, 0.25) is 0 Å². The van der Waals surface area contributed by atoms with Crippen LogP contribution in [0.15, 0.2) is 54.7 Å². The van der Waals surface area contributed by atoms with Crippen LogP contribution in [-0.4, -0.2) is 71.1 Å². The van der Waals surface area contributed by atoms with Crippen molar-refractivity contribution in [3.8, 4) is 11.5 Å². The quantitative estimate of drug-likeness (QED) is 0.561. The minimum absolute atomic E-state index is 0.415. The smallest absolute Gasteiger partial charge is 0.161 e. The van der Waals surface area contributed by atoms with E-state index in [9.17, 15) is 0 Å². The fraction of sp³-hybridized carbons (Fsp3) is 0.370. The number of ether oxygens (including phenoxy) is 6. The van der Waals surface area contributed by atoms with Gasteiger partial charge >= 0.3 is 0 Å². The third kappa shape index (κ3) is 7.53. The second-order valence-corrected chi connectivity index (χ2v) is 7.60. The van der Waals surface area contributed by atoms with Gasteiger partial charge in [-0.05, 0) is 35.4 Å². The van der Waals surface area contributed by atoms with Crippen molar-refractivity contribution in [2.45, 2.75) is 0 Å². The van der Waals surface area contributed by atoms with Gasteiger partial charge in [0.2, 0.25) is 0 Å². The van der Waals surface area contributed by atoms with E-state index >= 15 is 0 Å². The largest absolute Gasteiger partial charge is 0.487 e. The number of rotatable bonds is 2. The monoisotopic (exact) mass is 465 g/mol. The molecule has 180 valence electrons. The molecule has 0 saturated carbocycles. The molecular weight excluding hydrogens is 434 g/mol. The highest BCUT2D eigenvalue weighted by Crippen LogP contribution is 2.29. The molecule has 34 heavy (non-hydrogen) atoms. The minimum atomic E-state index is 0.415. The molecule has 1 aromatic heterocycles. The lowest BCUT2D eigenvalue weighted by Crippen LogP contribution is -2.16. The lowest BCUT2D eigenvalue weighted by molar-refractivity contribution is -0.00841. The molecule has 4 rings (SSSR count). The van der Waals surface area contributed by atoms with Gasteiger partial charge in [-0.3, -0.25) is 4.98 Å². The molecule has 0 aliphatic carbocycles. The van der Waals surface area contributed by atoms with Gasteiger partial charge < -0.3 is 28.4 Å². The van der Waals surface area contributed by atoms with Crippen molar-refractivity contribution in [2.75, 3.05) is 66.1 Å². The van der Waals surface area contributed by atoms with Crippen LogP contribution in [0.3, 0.4) is 0 Å². The van der Waals surface area contributed by atoms with Gasteiger partial charge in [0.1, 0.15) is 13.2 Å². The second-order valence-electron chi connectivity index (χ2n) is 7.60. The molecule has 0 N–H and O–H groups in total. The van der Waals surface area contributed by atoms with E-state index < -0.39 is 0 Å². The summed E-state index contributed by atoms with van der Waals surface area (Å²) < 4.78 is 34.0. The Kier molecular flexibility index (Phi) is 9.71. The number of nitrogens with zero attached hydrogens (tertiary/aromatic N) is 1. The maximum atomic E-state index is 6.00. The highest BCUT2D eigenvalue weighted by molar-refractivity contribution is 5.90. The Morgan fingerprint density at radius 1 is 0.588 bits per heavy atom. The first-order chi connectivity index (χ1) is 16.9. The Labute approximate surface area is 200 Å². The molecule has 0 atom stereocenters. The molecule has 0 radical (unpaired) electrons. The van der Waals surface area contributed by atoms with E-state index in [0.29, 0.717) is 77.6 Å². The summed E-state index contributed by atoms with van der Waals surface area (Å²) >= 11 is 0. The van der Waals surface area contributed by atoms with Crippen molar-refractivity contribution in [1.29, 1.82) is 0 Å². The van der Waals surface area contributed by atoms with E-state index in [0.717, 1.165) is 22.0 Å². The fourth-order valence-electron chi connectivity index (χ4n) is 3.49. The van der Waals surface area contributed by atoms with Gasteiger partial charge in [-0.25, -0.2) is 0 Å². The van der Waals surface area contributed by atoms with E-state index in [-0.39, 0.29) is 0 Å². The van der Waals surface area contributed by atoms with Gasteiger partial charge in [0.05, 0.1) is 58.4 Å². The summed E-state index contributed by atoms with van der Waals surface area (Å²) in [6.07, 6.45) is 5.98. The average Bonchev–Trinajstić information content (AvgIpc) is 2.87. The van der Waals surface area contributed by atoms with Crippen molar-refractivity contribution >= 4 is 23.1 Å². The first-order valence-corrected chi connectivity index (χ1v) is 11.6. The standard InChI is InChI=1S/C27H31NO6/c1-2-4-25-24(3-1)23(9-10-28-25)7-5-22-6-8-26-27(21-22)34-20-18-32-16-14-30-12-11-29-13-15-31-17-19-33-26/h1-10,21H,11-20H2/b7-5+. The Morgan fingerprint density at radius 2 is 1.21 bits per heavy atom. The number of fused-ring (bicyclic) bond motifs is 2. The zero-order chi connectivity index (χ0) is 23.3. The maximum absolute atomic E-state index is 6.00. The van der Waals surface area contributed by atoms with Gasteiger partial charge in [0.25, 0.3) is 0 Å². The van der Waals surface area contributed by atoms with E-state index in [1.807, 2.05) is 48.7 Å². The van der Waals surface area contributed by atoms with Gasteiger partial charge in [0, 0.05) is 11.6 Å². The molecule has 3 aromatic rings. The molecule has 7 heteroatoms. The highest BCUT2D eigenvalue weighted by atomic mass is 16.6. The minimum Gasteiger partial charge on any atom is -0.487 e. The average molecular weight is 466 g/mol. The Morgan fingerprint density at radius 3 is 1.91 bits per heavy atom. The van der Waals surface area contributed by atoms with Gasteiger partial charge in [-0.2, -0.15) is 0 Å². The number of benzene rings is 2. The summed E-state index contributed by atoms with van der Waals surface area (Å²) in [6.45, 7) is 4.95. The van der Waals surface area contributed by atoms with Gasteiger partial charge in [0.15, 0.2) is 11.5 Å². The van der Waals surface area contributed by atoms with Crippen molar-refractivity contribution in [2.24, 2.45) is 0 Å². The van der Waals surface area contributed by atoms with E-state index in [1.165, 1.54) is 0 Å². The first kappa shape index (κ1) is 24.2. The lowest BCUT2D eigenvalue weighted by Gasteiger charge is -2.14. The van der Waals surface area contributed by atoms with E-state index in [1.54, 1.807) is 0 Å². The Hall–Kier alpha value is -2.97. The summed E-state index contributed by atoms with van der Waals surface area (Å²) in [6, 6.07) is 16.0. The summed E-state index contributed by atoms with van der Waals surface area (Å²) in [7, 11) is 0. The molecule has 1 aliphatic heterocycles. The molecule has 0 saturated heterocycles. The first-order valence-electron chi connectivity index (χ1n) is 11.6. The van der Waals surface area contributed by atoms with Crippen LogP contribution in [0, 0.1) is 0 Å². The predicted octanol–water partition coefficient (Wildman–Crippen LogP) is 4.24. The number of aromatic nitrogens is 1. The van der Waals surface area contributed by atoms with E-state index in [2.05, 4.69) is 23.2 Å². The second kappa shape index (κ2) is 13.7. The Bertz CT molecular complexity index is 1050. The summed E-state index contributed by atoms with van der Waals surface area (Å²) in [5.74, 6) is 1.35. The molecule has 1 aliphatic rings. The van der Waals surface area contributed by atoms with Gasteiger partial charge in [-0.1, -0.05) is 36.4 Å². The van der Waals surface area contributed by atoms with Crippen molar-refractivity contribution < 1.29 is 28.4 Å². The normalized spacial score (nSPS) is 17.3. The number of hydrogen-bond acceptors (Lipinski definition) is 7. The van der Waals surface area contributed by atoms with Crippen LogP contribution in [0.5, 0.6) is 11.5 Å². The molecular formula is C27H31NO6. The van der Waals surface area contributed by atoms with Crippen LogP contribution >= 0.6 is 0 Å². The molecule has 2 aromatic carbocycles. The molecule has 2 heterocycles. The summed E-state index contributed by atoms with van der Waals surface area (Å²) in [4.78, 5) is 4.43. The van der Waals surface area contributed by atoms with Crippen LogP contribution in [0.4, 0.5) is 0 Å². The third-order valence-electron chi connectivity index (χ3n) is 5.19. The molecule has 0 spiro atoms. The molecule has 7 nitrogen and oxygen atoms in total. The number of pyridine rings is 1. The third-order valence-corrected chi connectivity index (χ3v) is 5.19. The Balaban J connectivity index is 1.44. The van der Waals surface area contributed by atoms with E-state index in [4.69, 9.17) is 28.4 Å². The molecule has 0 bridgehead atoms. The molecule has 0 fully saturated rings. The van der Waals surface area contributed by atoms with Crippen molar-refractivity contribution in [3.63, 3.8) is 0 Å². The topological polar surface area (TPSA) is 68.3 Å². The summed E-state index contributed by atoms with van der Waals surface area (Å²) in [5.41, 5.74) is 3.09. The predicted molar refractivity (Wildman–Crippen MR) is 131 cm³/mol. The SMILES string of the molecule is C(=C\c1ccnc2ccccc12)/c1ccc2c(c1)OCCOCCOCCOCCOCCO2. The van der Waals surface area contributed by atoms with Crippen LogP contribution < -0.4 is 9.47 Å². The molecule has 0 amide bonds. The van der Waals surface area contributed by atoms with Crippen LogP contribution in [0.25, 0.3) is 23.1 Å². The van der Waals surface area contributed by atoms with Crippen molar-refractivity contribution in [1.82, 2.24) is 4.98 Å².